The molecule has 1 aromatic rings. The molecule has 5 nitrogen and oxygen atoms in total. The molecule has 1 amide bonds. The maximum atomic E-state index is 10.9. The van der Waals surface area contributed by atoms with Gasteiger partial charge in [0.25, 0.3) is 0 Å². The lowest BCUT2D eigenvalue weighted by Gasteiger charge is -2.25. The van der Waals surface area contributed by atoms with Gasteiger partial charge in [0.15, 0.2) is 0 Å². The third-order valence-electron chi connectivity index (χ3n) is 2.34. The molecule has 0 aliphatic carbocycles. The monoisotopic (exact) mass is 236 g/mol. The topological polar surface area (TPSA) is 80.9 Å². The number of hydrogen-bond donors (Lipinski definition) is 2. The molecule has 0 radical (unpaired) electrons. The van der Waals surface area contributed by atoms with E-state index in [2.05, 4.69) is 15.3 Å². The van der Waals surface area contributed by atoms with E-state index in [1.807, 2.05) is 33.8 Å². The van der Waals surface area contributed by atoms with Crippen LogP contribution in [0.25, 0.3) is 0 Å². The second-order valence-corrected chi connectivity index (χ2v) is 4.80. The minimum atomic E-state index is -0.405. The van der Waals surface area contributed by atoms with Gasteiger partial charge in [0.1, 0.15) is 11.6 Å². The smallest absolute Gasteiger partial charge is 0.219 e. The van der Waals surface area contributed by atoms with Crippen molar-refractivity contribution >= 4 is 11.7 Å². The van der Waals surface area contributed by atoms with Gasteiger partial charge in [-0.15, -0.1) is 0 Å². The summed E-state index contributed by atoms with van der Waals surface area (Å²) in [5, 5.41) is 3.21. The average molecular weight is 236 g/mol. The summed E-state index contributed by atoms with van der Waals surface area (Å²) in [7, 11) is 0. The Bertz CT molecular complexity index is 415. The summed E-state index contributed by atoms with van der Waals surface area (Å²) in [6, 6.07) is 1.90. The van der Waals surface area contributed by atoms with Crippen molar-refractivity contribution in [3.63, 3.8) is 0 Å². The number of carbonyl (C=O) groups excluding carboxylic acids is 1. The minimum Gasteiger partial charge on any atom is -0.370 e. The minimum absolute atomic E-state index is 0.261. The van der Waals surface area contributed by atoms with E-state index in [1.54, 1.807) is 0 Å². The van der Waals surface area contributed by atoms with Crippen LogP contribution in [-0.2, 0) is 11.2 Å². The second kappa shape index (κ2) is 5.12. The zero-order valence-electron chi connectivity index (χ0n) is 10.9. The number of primary amides is 1. The van der Waals surface area contributed by atoms with Gasteiger partial charge >= 0.3 is 0 Å². The molecular formula is C12H20N4O. The lowest BCUT2D eigenvalue weighted by Crippen LogP contribution is -2.36. The van der Waals surface area contributed by atoms with Crippen LogP contribution >= 0.6 is 0 Å². The Kier molecular flexibility index (Phi) is 4.04. The lowest BCUT2D eigenvalue weighted by atomic mass is 10.0. The van der Waals surface area contributed by atoms with E-state index in [1.165, 1.54) is 0 Å². The molecule has 0 saturated carbocycles. The third-order valence-corrected chi connectivity index (χ3v) is 2.34. The Morgan fingerprint density at radius 1 is 1.47 bits per heavy atom. The molecule has 1 rings (SSSR count). The predicted molar refractivity (Wildman–Crippen MR) is 67.7 cm³/mol. The fraction of sp³-hybridized carbons (Fsp3) is 0.583. The van der Waals surface area contributed by atoms with Gasteiger partial charge in [0, 0.05) is 23.7 Å². The van der Waals surface area contributed by atoms with Gasteiger partial charge < -0.3 is 11.1 Å². The highest BCUT2D eigenvalue weighted by atomic mass is 16.1. The number of nitrogens with one attached hydrogen (secondary N) is 1. The number of carbonyl (C=O) groups is 1. The van der Waals surface area contributed by atoms with Crippen LogP contribution in [0.3, 0.4) is 0 Å². The molecule has 94 valence electrons. The van der Waals surface area contributed by atoms with Gasteiger partial charge in [0.05, 0.1) is 0 Å². The van der Waals surface area contributed by atoms with E-state index < -0.39 is 5.54 Å². The fourth-order valence-electron chi connectivity index (χ4n) is 1.70. The van der Waals surface area contributed by atoms with Crippen molar-refractivity contribution in [3.05, 3.63) is 17.6 Å². The van der Waals surface area contributed by atoms with E-state index >= 15 is 0 Å². The molecule has 0 atom stereocenters. The Balaban J connectivity index is 2.87. The number of aryl methyl sites for hydroxylation is 2. The summed E-state index contributed by atoms with van der Waals surface area (Å²) in [6.45, 7) is 7.73. The maximum Gasteiger partial charge on any atom is 0.219 e. The average Bonchev–Trinajstić information content (AvgIpc) is 2.13. The van der Waals surface area contributed by atoms with Crippen LogP contribution in [0.2, 0.25) is 0 Å². The largest absolute Gasteiger partial charge is 0.370 e. The van der Waals surface area contributed by atoms with E-state index in [0.717, 1.165) is 23.8 Å². The van der Waals surface area contributed by atoms with Gasteiger partial charge in [-0.05, 0) is 27.2 Å². The van der Waals surface area contributed by atoms with E-state index in [9.17, 15) is 4.79 Å². The molecule has 0 aromatic carbocycles. The Morgan fingerprint density at radius 3 is 2.65 bits per heavy atom. The predicted octanol–water partition coefficient (Wildman–Crippen LogP) is 1.41. The molecule has 17 heavy (non-hydrogen) atoms. The van der Waals surface area contributed by atoms with E-state index in [0.29, 0.717) is 0 Å². The molecular weight excluding hydrogens is 216 g/mol. The highest BCUT2D eigenvalue weighted by Gasteiger charge is 2.21. The number of rotatable bonds is 5. The Labute approximate surface area is 102 Å². The number of nitrogens with two attached hydrogens (primary N) is 1. The SMILES string of the molecule is CCc1cc(NC(C)(C)CC(N)=O)nc(C)n1. The molecule has 5 heteroatoms. The maximum absolute atomic E-state index is 10.9. The summed E-state index contributed by atoms with van der Waals surface area (Å²) in [5.41, 5.74) is 5.78. The molecule has 0 saturated heterocycles. The fourth-order valence-corrected chi connectivity index (χ4v) is 1.70. The zero-order chi connectivity index (χ0) is 13.1. The molecule has 0 fully saturated rings. The van der Waals surface area contributed by atoms with Crippen molar-refractivity contribution in [2.24, 2.45) is 5.73 Å². The van der Waals surface area contributed by atoms with Gasteiger partial charge in [-0.3, -0.25) is 4.79 Å². The van der Waals surface area contributed by atoms with Crippen molar-refractivity contribution in [1.82, 2.24) is 9.97 Å². The van der Waals surface area contributed by atoms with Crippen LogP contribution < -0.4 is 11.1 Å². The van der Waals surface area contributed by atoms with Crippen molar-refractivity contribution in [2.75, 3.05) is 5.32 Å². The van der Waals surface area contributed by atoms with Crippen molar-refractivity contribution in [2.45, 2.75) is 46.1 Å². The van der Waals surface area contributed by atoms with Crippen LogP contribution in [0.15, 0.2) is 6.07 Å². The number of aromatic nitrogens is 2. The van der Waals surface area contributed by atoms with Crippen LogP contribution in [0, 0.1) is 6.92 Å². The number of amides is 1. The molecule has 0 spiro atoms. The van der Waals surface area contributed by atoms with Crippen molar-refractivity contribution in [3.8, 4) is 0 Å². The van der Waals surface area contributed by atoms with Crippen LogP contribution in [0.4, 0.5) is 5.82 Å². The van der Waals surface area contributed by atoms with Crippen LogP contribution in [-0.4, -0.2) is 21.4 Å². The highest BCUT2D eigenvalue weighted by molar-refractivity contribution is 5.75. The van der Waals surface area contributed by atoms with Gasteiger partial charge in [-0.2, -0.15) is 0 Å². The molecule has 0 unspecified atom stereocenters. The molecule has 1 heterocycles. The van der Waals surface area contributed by atoms with Crippen LogP contribution in [0.5, 0.6) is 0 Å². The van der Waals surface area contributed by atoms with E-state index in [-0.39, 0.29) is 12.3 Å². The zero-order valence-corrected chi connectivity index (χ0v) is 10.9. The first-order valence-corrected chi connectivity index (χ1v) is 5.73. The summed E-state index contributed by atoms with van der Waals surface area (Å²) in [4.78, 5) is 19.5. The van der Waals surface area contributed by atoms with Crippen LogP contribution in [0.1, 0.15) is 38.7 Å². The molecule has 0 aliphatic heterocycles. The quantitative estimate of drug-likeness (QED) is 0.810. The van der Waals surface area contributed by atoms with Crippen molar-refractivity contribution in [1.29, 1.82) is 0 Å². The highest BCUT2D eigenvalue weighted by Crippen LogP contribution is 2.17. The van der Waals surface area contributed by atoms with Gasteiger partial charge in [0.2, 0.25) is 5.91 Å². The third kappa shape index (κ3) is 4.38. The molecule has 0 bridgehead atoms. The molecule has 3 N–H and O–H groups in total. The number of hydrogen-bond acceptors (Lipinski definition) is 4. The van der Waals surface area contributed by atoms with Crippen molar-refractivity contribution < 1.29 is 4.79 Å². The normalized spacial score (nSPS) is 11.3. The second-order valence-electron chi connectivity index (χ2n) is 4.80. The van der Waals surface area contributed by atoms with Gasteiger partial charge in [-0.25, -0.2) is 9.97 Å². The Morgan fingerprint density at radius 2 is 2.12 bits per heavy atom. The standard InChI is InChI=1S/C12H20N4O/c1-5-9-6-11(15-8(2)14-9)16-12(3,4)7-10(13)17/h6H,5,7H2,1-4H3,(H2,13,17)(H,14,15,16). The first kappa shape index (κ1) is 13.4. The lowest BCUT2D eigenvalue weighted by molar-refractivity contribution is -0.118. The first-order chi connectivity index (χ1) is 7.82. The van der Waals surface area contributed by atoms with E-state index in [4.69, 9.17) is 5.73 Å². The number of nitrogens with zero attached hydrogens (tertiary/aromatic N) is 2. The summed E-state index contributed by atoms with van der Waals surface area (Å²) >= 11 is 0. The summed E-state index contributed by atoms with van der Waals surface area (Å²) < 4.78 is 0. The summed E-state index contributed by atoms with van der Waals surface area (Å²) in [6.07, 6.45) is 1.12. The molecule has 0 aliphatic rings. The number of anilines is 1. The summed E-state index contributed by atoms with van der Waals surface area (Å²) in [5.74, 6) is 1.13. The first-order valence-electron chi connectivity index (χ1n) is 5.73. The molecule has 1 aromatic heterocycles. The Hall–Kier alpha value is -1.65. The van der Waals surface area contributed by atoms with Gasteiger partial charge in [-0.1, -0.05) is 6.92 Å².